The molecular formula is C15H21NO2. The monoisotopic (exact) mass is 247 g/mol. The third kappa shape index (κ3) is 2.84. The van der Waals surface area contributed by atoms with E-state index in [0.29, 0.717) is 12.3 Å². The second-order valence-corrected chi connectivity index (χ2v) is 4.85. The molecule has 1 aliphatic carbocycles. The Hall–Kier alpha value is -1.51. The highest BCUT2D eigenvalue weighted by Gasteiger charge is 2.23. The number of carbonyl (C=O) groups is 1. The first kappa shape index (κ1) is 12.9. The SMILES string of the molecule is CCCC(=O)NCC1CCc2ccc(OC)cc21. The number of carbonyl (C=O) groups excluding carboxylic acids is 1. The van der Waals surface area contributed by atoms with Crippen molar-refractivity contribution in [1.29, 1.82) is 0 Å². The maximum Gasteiger partial charge on any atom is 0.220 e. The van der Waals surface area contributed by atoms with Crippen LogP contribution in [-0.2, 0) is 11.2 Å². The number of nitrogens with one attached hydrogen (secondary N) is 1. The fourth-order valence-electron chi connectivity index (χ4n) is 2.56. The number of benzene rings is 1. The molecule has 18 heavy (non-hydrogen) atoms. The zero-order valence-corrected chi connectivity index (χ0v) is 11.2. The van der Waals surface area contributed by atoms with E-state index < -0.39 is 0 Å². The van der Waals surface area contributed by atoms with Crippen LogP contribution in [0, 0.1) is 0 Å². The Labute approximate surface area is 109 Å². The first-order valence-corrected chi connectivity index (χ1v) is 6.68. The van der Waals surface area contributed by atoms with Gasteiger partial charge in [-0.1, -0.05) is 13.0 Å². The fourth-order valence-corrected chi connectivity index (χ4v) is 2.56. The average Bonchev–Trinajstić information content (AvgIpc) is 2.79. The minimum absolute atomic E-state index is 0.161. The summed E-state index contributed by atoms with van der Waals surface area (Å²) in [5, 5.41) is 3.02. The zero-order chi connectivity index (χ0) is 13.0. The van der Waals surface area contributed by atoms with Crippen LogP contribution in [0.25, 0.3) is 0 Å². The molecule has 1 aromatic rings. The van der Waals surface area contributed by atoms with Gasteiger partial charge in [-0.05, 0) is 42.5 Å². The van der Waals surface area contributed by atoms with Crippen LogP contribution < -0.4 is 10.1 Å². The lowest BCUT2D eigenvalue weighted by atomic mass is 10.0. The number of aryl methyl sites for hydroxylation is 1. The summed E-state index contributed by atoms with van der Waals surface area (Å²) in [4.78, 5) is 11.5. The first-order valence-electron chi connectivity index (χ1n) is 6.68. The molecule has 0 bridgehead atoms. The van der Waals surface area contributed by atoms with Crippen LogP contribution >= 0.6 is 0 Å². The number of fused-ring (bicyclic) bond motifs is 1. The highest BCUT2D eigenvalue weighted by molar-refractivity contribution is 5.75. The standard InChI is InChI=1S/C15H21NO2/c1-3-4-15(17)16-10-12-6-5-11-7-8-13(18-2)9-14(11)12/h7-9,12H,3-6,10H2,1-2H3,(H,16,17). The number of rotatable bonds is 5. The van der Waals surface area contributed by atoms with Crippen LogP contribution in [0.15, 0.2) is 18.2 Å². The van der Waals surface area contributed by atoms with Gasteiger partial charge in [-0.25, -0.2) is 0 Å². The zero-order valence-electron chi connectivity index (χ0n) is 11.2. The lowest BCUT2D eigenvalue weighted by Gasteiger charge is -2.13. The number of hydrogen-bond donors (Lipinski definition) is 1. The van der Waals surface area contributed by atoms with E-state index in [1.165, 1.54) is 11.1 Å². The molecule has 0 saturated carbocycles. The van der Waals surface area contributed by atoms with Crippen LogP contribution in [-0.4, -0.2) is 19.6 Å². The molecule has 1 amide bonds. The molecule has 0 fully saturated rings. The van der Waals surface area contributed by atoms with Gasteiger partial charge in [0, 0.05) is 18.9 Å². The molecule has 2 rings (SSSR count). The molecule has 98 valence electrons. The third-order valence-corrected chi connectivity index (χ3v) is 3.58. The molecule has 3 nitrogen and oxygen atoms in total. The van der Waals surface area contributed by atoms with Crippen molar-refractivity contribution in [2.24, 2.45) is 0 Å². The summed E-state index contributed by atoms with van der Waals surface area (Å²) in [6.07, 6.45) is 3.75. The molecule has 1 aromatic carbocycles. The van der Waals surface area contributed by atoms with Gasteiger partial charge in [-0.2, -0.15) is 0 Å². The topological polar surface area (TPSA) is 38.3 Å². The number of hydrogen-bond acceptors (Lipinski definition) is 2. The van der Waals surface area contributed by atoms with Gasteiger partial charge in [0.1, 0.15) is 5.75 Å². The lowest BCUT2D eigenvalue weighted by molar-refractivity contribution is -0.121. The van der Waals surface area contributed by atoms with E-state index >= 15 is 0 Å². The molecule has 0 heterocycles. The maximum atomic E-state index is 11.5. The normalized spacial score (nSPS) is 17.3. The van der Waals surface area contributed by atoms with Crippen molar-refractivity contribution in [3.8, 4) is 5.75 Å². The van der Waals surface area contributed by atoms with Crippen LogP contribution in [0.2, 0.25) is 0 Å². The third-order valence-electron chi connectivity index (χ3n) is 3.58. The van der Waals surface area contributed by atoms with Crippen molar-refractivity contribution >= 4 is 5.91 Å². The van der Waals surface area contributed by atoms with Crippen LogP contribution in [0.5, 0.6) is 5.75 Å². The van der Waals surface area contributed by atoms with E-state index in [2.05, 4.69) is 17.4 Å². The molecule has 1 unspecified atom stereocenters. The van der Waals surface area contributed by atoms with Gasteiger partial charge in [0.2, 0.25) is 5.91 Å². The largest absolute Gasteiger partial charge is 0.497 e. The summed E-state index contributed by atoms with van der Waals surface area (Å²) < 4.78 is 5.26. The quantitative estimate of drug-likeness (QED) is 0.868. The van der Waals surface area contributed by atoms with Gasteiger partial charge in [0.25, 0.3) is 0 Å². The number of ether oxygens (including phenoxy) is 1. The summed E-state index contributed by atoms with van der Waals surface area (Å²) in [5.74, 6) is 1.50. The van der Waals surface area contributed by atoms with Crippen molar-refractivity contribution in [1.82, 2.24) is 5.32 Å². The Morgan fingerprint density at radius 3 is 3.06 bits per heavy atom. The second kappa shape index (κ2) is 5.89. The number of methoxy groups -OCH3 is 1. The Morgan fingerprint density at radius 1 is 1.50 bits per heavy atom. The summed E-state index contributed by atoms with van der Waals surface area (Å²) >= 11 is 0. The van der Waals surface area contributed by atoms with E-state index in [-0.39, 0.29) is 5.91 Å². The van der Waals surface area contributed by atoms with Gasteiger partial charge in [-0.3, -0.25) is 4.79 Å². The smallest absolute Gasteiger partial charge is 0.220 e. The molecule has 0 saturated heterocycles. The predicted octanol–water partition coefficient (Wildman–Crippen LogP) is 2.64. The summed E-state index contributed by atoms with van der Waals surface area (Å²) in [6.45, 7) is 2.77. The highest BCUT2D eigenvalue weighted by Crippen LogP contribution is 2.34. The molecule has 0 spiro atoms. The van der Waals surface area contributed by atoms with Crippen molar-refractivity contribution in [2.45, 2.75) is 38.5 Å². The lowest BCUT2D eigenvalue weighted by Crippen LogP contribution is -2.27. The van der Waals surface area contributed by atoms with E-state index in [4.69, 9.17) is 4.74 Å². The highest BCUT2D eigenvalue weighted by atomic mass is 16.5. The minimum atomic E-state index is 0.161. The molecule has 0 aliphatic heterocycles. The summed E-state index contributed by atoms with van der Waals surface area (Å²) in [6, 6.07) is 6.26. The summed E-state index contributed by atoms with van der Waals surface area (Å²) in [7, 11) is 1.69. The van der Waals surface area contributed by atoms with Crippen LogP contribution in [0.4, 0.5) is 0 Å². The molecule has 1 atom stereocenters. The Morgan fingerprint density at radius 2 is 2.33 bits per heavy atom. The van der Waals surface area contributed by atoms with E-state index in [1.54, 1.807) is 7.11 Å². The van der Waals surface area contributed by atoms with E-state index in [9.17, 15) is 4.79 Å². The van der Waals surface area contributed by atoms with Crippen molar-refractivity contribution in [2.75, 3.05) is 13.7 Å². The molecule has 1 N–H and O–H groups in total. The second-order valence-electron chi connectivity index (χ2n) is 4.85. The van der Waals surface area contributed by atoms with Crippen molar-refractivity contribution in [3.63, 3.8) is 0 Å². The summed E-state index contributed by atoms with van der Waals surface area (Å²) in [5.41, 5.74) is 2.73. The van der Waals surface area contributed by atoms with Gasteiger partial charge in [0.15, 0.2) is 0 Å². The Bertz CT molecular complexity index is 429. The fraction of sp³-hybridized carbons (Fsp3) is 0.533. The van der Waals surface area contributed by atoms with Gasteiger partial charge in [0.05, 0.1) is 7.11 Å². The van der Waals surface area contributed by atoms with E-state index in [0.717, 1.165) is 31.6 Å². The average molecular weight is 247 g/mol. The van der Waals surface area contributed by atoms with Crippen molar-refractivity contribution < 1.29 is 9.53 Å². The predicted molar refractivity (Wildman–Crippen MR) is 72.0 cm³/mol. The Balaban J connectivity index is 2.00. The van der Waals surface area contributed by atoms with Gasteiger partial charge in [-0.15, -0.1) is 0 Å². The molecular weight excluding hydrogens is 226 g/mol. The van der Waals surface area contributed by atoms with Crippen LogP contribution in [0.1, 0.15) is 43.2 Å². The molecule has 1 aliphatic rings. The van der Waals surface area contributed by atoms with Gasteiger partial charge < -0.3 is 10.1 Å². The Kier molecular flexibility index (Phi) is 4.24. The molecule has 0 radical (unpaired) electrons. The van der Waals surface area contributed by atoms with Crippen LogP contribution in [0.3, 0.4) is 0 Å². The van der Waals surface area contributed by atoms with E-state index in [1.807, 2.05) is 13.0 Å². The first-order chi connectivity index (χ1) is 8.74. The molecule has 0 aromatic heterocycles. The number of amides is 1. The maximum absolute atomic E-state index is 11.5. The van der Waals surface area contributed by atoms with Gasteiger partial charge >= 0.3 is 0 Å². The van der Waals surface area contributed by atoms with Crippen molar-refractivity contribution in [3.05, 3.63) is 29.3 Å². The molecule has 3 heteroatoms. The minimum Gasteiger partial charge on any atom is -0.497 e.